The summed E-state index contributed by atoms with van der Waals surface area (Å²) in [5, 5.41) is 7.48. The average molecular weight is 500 g/mol. The minimum atomic E-state index is -3.42. The highest BCUT2D eigenvalue weighted by atomic mass is 35.5. The maximum absolute atomic E-state index is 12.2. The molecule has 4 rings (SSSR count). The molecule has 0 fully saturated rings. The van der Waals surface area contributed by atoms with E-state index in [-0.39, 0.29) is 24.7 Å². The van der Waals surface area contributed by atoms with Crippen molar-refractivity contribution in [2.75, 3.05) is 30.9 Å². The smallest absolute Gasteiger partial charge is 0.229 e. The van der Waals surface area contributed by atoms with Crippen LogP contribution in [0.3, 0.4) is 0 Å². The van der Waals surface area contributed by atoms with Gasteiger partial charge < -0.3 is 15.4 Å². The zero-order valence-electron chi connectivity index (χ0n) is 18.6. The van der Waals surface area contributed by atoms with Gasteiger partial charge in [-0.3, -0.25) is 0 Å². The Morgan fingerprint density at radius 2 is 1.50 bits per heavy atom. The van der Waals surface area contributed by atoms with E-state index in [2.05, 4.69) is 25.3 Å². The van der Waals surface area contributed by atoms with Gasteiger partial charge >= 0.3 is 0 Å². The number of nitrogens with one attached hydrogen (secondary N) is 3. The molecular formula is C24H26ClN5O3S. The van der Waals surface area contributed by atoms with Crippen LogP contribution in [-0.4, -0.2) is 38.6 Å². The van der Waals surface area contributed by atoms with E-state index in [0.29, 0.717) is 23.9 Å². The first kappa shape index (κ1) is 25.4. The molecule has 0 unspecified atom stereocenters. The number of fused-ring (bicyclic) bond motifs is 1. The molecule has 3 aromatic carbocycles. The van der Waals surface area contributed by atoms with Gasteiger partial charge in [0.05, 0.1) is 17.9 Å². The molecule has 0 aliphatic heterocycles. The lowest BCUT2D eigenvalue weighted by Gasteiger charge is -2.12. The summed E-state index contributed by atoms with van der Waals surface area (Å²) in [6, 6.07) is 24.8. The second-order valence-corrected chi connectivity index (χ2v) is 9.18. The molecule has 0 aliphatic rings. The number of rotatable bonds is 10. The fourth-order valence-electron chi connectivity index (χ4n) is 3.27. The van der Waals surface area contributed by atoms with Crippen molar-refractivity contribution in [3.8, 4) is 0 Å². The fourth-order valence-corrected chi connectivity index (χ4v) is 4.40. The second-order valence-electron chi connectivity index (χ2n) is 7.37. The van der Waals surface area contributed by atoms with E-state index >= 15 is 0 Å². The standard InChI is InChI=1S/C24H25N5O3S.ClH/c1-32-16-15-25-33(30,31)17-18-11-13-20(14-12-18)27-24-28-22-10-6-5-9-21(22)23(29-24)26-19-7-3-2-4-8-19;/h2-14,25H,15-17H2,1H3,(H2,26,27,28,29);1H. The molecular weight excluding hydrogens is 474 g/mol. The van der Waals surface area contributed by atoms with E-state index in [9.17, 15) is 8.42 Å². The minimum absolute atomic E-state index is 0. The van der Waals surface area contributed by atoms with Crippen LogP contribution in [0.1, 0.15) is 5.56 Å². The van der Waals surface area contributed by atoms with E-state index in [4.69, 9.17) is 4.74 Å². The van der Waals surface area contributed by atoms with Crippen molar-refractivity contribution in [3.05, 3.63) is 84.4 Å². The van der Waals surface area contributed by atoms with Crippen molar-refractivity contribution < 1.29 is 13.2 Å². The lowest BCUT2D eigenvalue weighted by atomic mass is 10.2. The van der Waals surface area contributed by atoms with Crippen LogP contribution in [0.4, 0.5) is 23.1 Å². The van der Waals surface area contributed by atoms with E-state index in [1.165, 1.54) is 7.11 Å². The number of methoxy groups -OCH3 is 1. The summed E-state index contributed by atoms with van der Waals surface area (Å²) in [5.74, 6) is 1.03. The van der Waals surface area contributed by atoms with Gasteiger partial charge in [0.15, 0.2) is 0 Å². The number of sulfonamides is 1. The normalized spacial score (nSPS) is 11.1. The van der Waals surface area contributed by atoms with Crippen LogP contribution in [0.5, 0.6) is 0 Å². The maximum Gasteiger partial charge on any atom is 0.229 e. The summed E-state index contributed by atoms with van der Waals surface area (Å²) in [5.41, 5.74) is 3.16. The Morgan fingerprint density at radius 3 is 2.24 bits per heavy atom. The third kappa shape index (κ3) is 6.88. The van der Waals surface area contributed by atoms with E-state index < -0.39 is 10.0 Å². The molecule has 0 saturated carbocycles. The number of halogens is 1. The van der Waals surface area contributed by atoms with Crippen molar-refractivity contribution >= 4 is 56.5 Å². The molecule has 0 amide bonds. The summed E-state index contributed by atoms with van der Waals surface area (Å²) in [6.45, 7) is 0.575. The van der Waals surface area contributed by atoms with Crippen LogP contribution in [0.15, 0.2) is 78.9 Å². The van der Waals surface area contributed by atoms with Crippen molar-refractivity contribution in [1.29, 1.82) is 0 Å². The molecule has 1 aromatic heterocycles. The molecule has 10 heteroatoms. The summed E-state index contributed by atoms with van der Waals surface area (Å²) < 4.78 is 31.7. The van der Waals surface area contributed by atoms with Crippen LogP contribution in [-0.2, 0) is 20.5 Å². The molecule has 0 spiro atoms. The Labute approximate surface area is 205 Å². The highest BCUT2D eigenvalue weighted by Gasteiger charge is 2.12. The molecule has 3 N–H and O–H groups in total. The van der Waals surface area contributed by atoms with Gasteiger partial charge in [0, 0.05) is 30.4 Å². The van der Waals surface area contributed by atoms with Gasteiger partial charge in [-0.05, 0) is 42.0 Å². The molecule has 0 aliphatic carbocycles. The first-order valence-electron chi connectivity index (χ1n) is 10.4. The number of anilines is 4. The van der Waals surface area contributed by atoms with Gasteiger partial charge in [-0.25, -0.2) is 18.1 Å². The number of benzene rings is 3. The second kappa shape index (κ2) is 11.8. The number of nitrogens with zero attached hydrogens (tertiary/aromatic N) is 2. The number of hydrogen-bond donors (Lipinski definition) is 3. The van der Waals surface area contributed by atoms with Gasteiger partial charge in [0.1, 0.15) is 5.82 Å². The molecule has 4 aromatic rings. The highest BCUT2D eigenvalue weighted by molar-refractivity contribution is 7.88. The monoisotopic (exact) mass is 499 g/mol. The van der Waals surface area contributed by atoms with Gasteiger partial charge in [0.2, 0.25) is 16.0 Å². The van der Waals surface area contributed by atoms with Crippen molar-refractivity contribution in [2.24, 2.45) is 0 Å². The van der Waals surface area contributed by atoms with Gasteiger partial charge in [0.25, 0.3) is 0 Å². The van der Waals surface area contributed by atoms with Crippen LogP contribution in [0.25, 0.3) is 10.9 Å². The predicted octanol–water partition coefficient (Wildman–Crippen LogP) is 4.60. The first-order valence-corrected chi connectivity index (χ1v) is 12.1. The minimum Gasteiger partial charge on any atom is -0.383 e. The zero-order chi connectivity index (χ0) is 23.1. The predicted molar refractivity (Wildman–Crippen MR) is 139 cm³/mol. The number of aromatic nitrogens is 2. The summed E-state index contributed by atoms with van der Waals surface area (Å²) >= 11 is 0. The lowest BCUT2D eigenvalue weighted by Crippen LogP contribution is -2.28. The molecule has 0 radical (unpaired) electrons. The maximum atomic E-state index is 12.2. The topological polar surface area (TPSA) is 105 Å². The van der Waals surface area contributed by atoms with Crippen molar-refractivity contribution in [3.63, 3.8) is 0 Å². The molecule has 1 heterocycles. The molecule has 178 valence electrons. The largest absolute Gasteiger partial charge is 0.383 e. The van der Waals surface area contributed by atoms with E-state index in [1.54, 1.807) is 12.1 Å². The average Bonchev–Trinajstić information content (AvgIpc) is 2.81. The number of ether oxygens (including phenoxy) is 1. The Morgan fingerprint density at radius 1 is 0.824 bits per heavy atom. The quantitative estimate of drug-likeness (QED) is 0.274. The first-order chi connectivity index (χ1) is 16.0. The van der Waals surface area contributed by atoms with Crippen LogP contribution in [0, 0.1) is 0 Å². The number of hydrogen-bond acceptors (Lipinski definition) is 7. The van der Waals surface area contributed by atoms with Gasteiger partial charge in [-0.1, -0.05) is 42.5 Å². The Bertz CT molecular complexity index is 1320. The zero-order valence-corrected chi connectivity index (χ0v) is 20.2. The summed E-state index contributed by atoms with van der Waals surface area (Å²) in [4.78, 5) is 9.28. The van der Waals surface area contributed by atoms with Crippen molar-refractivity contribution in [1.82, 2.24) is 14.7 Å². The lowest BCUT2D eigenvalue weighted by molar-refractivity contribution is 0.204. The highest BCUT2D eigenvalue weighted by Crippen LogP contribution is 2.26. The summed E-state index contributed by atoms with van der Waals surface area (Å²) in [6.07, 6.45) is 0. The van der Waals surface area contributed by atoms with Crippen LogP contribution in [0.2, 0.25) is 0 Å². The third-order valence-electron chi connectivity index (χ3n) is 4.83. The molecule has 8 nitrogen and oxygen atoms in total. The molecule has 0 saturated heterocycles. The molecule has 34 heavy (non-hydrogen) atoms. The van der Waals surface area contributed by atoms with Crippen LogP contribution >= 0.6 is 12.4 Å². The molecule has 0 atom stereocenters. The van der Waals surface area contributed by atoms with Crippen LogP contribution < -0.4 is 15.4 Å². The van der Waals surface area contributed by atoms with E-state index in [0.717, 1.165) is 22.3 Å². The Hall–Kier alpha value is -3.24. The number of para-hydroxylation sites is 2. The van der Waals surface area contributed by atoms with E-state index in [1.807, 2.05) is 66.7 Å². The Kier molecular flexibility index (Phi) is 8.78. The Balaban J connectivity index is 0.00000324. The summed E-state index contributed by atoms with van der Waals surface area (Å²) in [7, 11) is -1.89. The molecule has 0 bridgehead atoms. The fraction of sp³-hybridized carbons (Fsp3) is 0.167. The third-order valence-corrected chi connectivity index (χ3v) is 6.19. The SMILES string of the molecule is COCCNS(=O)(=O)Cc1ccc(Nc2nc(Nc3ccccc3)c3ccccc3n2)cc1.Cl. The van der Waals surface area contributed by atoms with Crippen molar-refractivity contribution in [2.45, 2.75) is 5.75 Å². The van der Waals surface area contributed by atoms with Gasteiger partial charge in [-0.2, -0.15) is 4.98 Å². The van der Waals surface area contributed by atoms with Gasteiger partial charge in [-0.15, -0.1) is 12.4 Å².